The van der Waals surface area contributed by atoms with Gasteiger partial charge < -0.3 is 14.4 Å². The van der Waals surface area contributed by atoms with Crippen LogP contribution in [0, 0.1) is 0 Å². The van der Waals surface area contributed by atoms with Crippen molar-refractivity contribution in [2.24, 2.45) is 0 Å². The molecule has 1 aromatic carbocycles. The third-order valence-electron chi connectivity index (χ3n) is 4.32. The number of ether oxygens (including phenoxy) is 2. The molecule has 2 aliphatic heterocycles. The second-order valence-electron chi connectivity index (χ2n) is 7.76. The maximum atomic E-state index is 13.2. The molecule has 0 N–H and O–H groups in total. The van der Waals surface area contributed by atoms with Crippen LogP contribution in [0.25, 0.3) is 0 Å². The van der Waals surface area contributed by atoms with E-state index in [0.29, 0.717) is 24.3 Å². The SMILES string of the molecule is C=C1CO[C@@]2(C1)C(=O)N(C(=O)OC(C)(C)C)c1ccc(N(C)C)cc12. The zero-order valence-corrected chi connectivity index (χ0v) is 15.4. The van der Waals surface area contributed by atoms with E-state index < -0.39 is 23.2 Å². The van der Waals surface area contributed by atoms with Gasteiger partial charge in [-0.1, -0.05) is 6.58 Å². The molecule has 0 radical (unpaired) electrons. The summed E-state index contributed by atoms with van der Waals surface area (Å²) in [6, 6.07) is 5.54. The highest BCUT2D eigenvalue weighted by Gasteiger charge is 2.57. The van der Waals surface area contributed by atoms with Gasteiger partial charge >= 0.3 is 6.09 Å². The molecule has 0 aliphatic carbocycles. The fourth-order valence-corrected chi connectivity index (χ4v) is 3.20. The van der Waals surface area contributed by atoms with Gasteiger partial charge in [0.2, 0.25) is 0 Å². The van der Waals surface area contributed by atoms with E-state index in [2.05, 4.69) is 6.58 Å². The number of hydrogen-bond donors (Lipinski definition) is 0. The van der Waals surface area contributed by atoms with Gasteiger partial charge in [-0.25, -0.2) is 9.69 Å². The van der Waals surface area contributed by atoms with Crippen molar-refractivity contribution in [1.82, 2.24) is 0 Å². The lowest BCUT2D eigenvalue weighted by molar-refractivity contribution is -0.137. The lowest BCUT2D eigenvalue weighted by atomic mass is 9.90. The summed E-state index contributed by atoms with van der Waals surface area (Å²) in [7, 11) is 3.84. The van der Waals surface area contributed by atoms with Crippen LogP contribution >= 0.6 is 0 Å². The van der Waals surface area contributed by atoms with E-state index in [1.54, 1.807) is 26.8 Å². The number of rotatable bonds is 1. The van der Waals surface area contributed by atoms with Crippen LogP contribution in [0.4, 0.5) is 16.2 Å². The Labute approximate surface area is 148 Å². The number of amides is 2. The van der Waals surface area contributed by atoms with Gasteiger partial charge in [-0.05, 0) is 44.5 Å². The summed E-state index contributed by atoms with van der Waals surface area (Å²) in [5.74, 6) is -0.411. The van der Waals surface area contributed by atoms with Crippen LogP contribution < -0.4 is 9.80 Å². The second-order valence-corrected chi connectivity index (χ2v) is 7.76. The van der Waals surface area contributed by atoms with Crippen LogP contribution in [0.3, 0.4) is 0 Å². The van der Waals surface area contributed by atoms with Crippen molar-refractivity contribution in [3.8, 4) is 0 Å². The number of benzene rings is 1. The first kappa shape index (κ1) is 17.5. The quantitative estimate of drug-likeness (QED) is 0.732. The fraction of sp³-hybridized carbons (Fsp3) is 0.474. The Balaban J connectivity index is 2.11. The molecule has 1 atom stereocenters. The lowest BCUT2D eigenvalue weighted by Crippen LogP contribution is -2.45. The molecule has 0 bridgehead atoms. The van der Waals surface area contributed by atoms with Gasteiger partial charge in [0.15, 0.2) is 5.60 Å². The van der Waals surface area contributed by atoms with Crippen LogP contribution in [0.5, 0.6) is 0 Å². The summed E-state index contributed by atoms with van der Waals surface area (Å²) in [6.45, 7) is 9.56. The van der Waals surface area contributed by atoms with Crippen molar-refractivity contribution in [2.75, 3.05) is 30.5 Å². The van der Waals surface area contributed by atoms with Gasteiger partial charge in [-0.15, -0.1) is 0 Å². The summed E-state index contributed by atoms with van der Waals surface area (Å²) >= 11 is 0. The lowest BCUT2D eigenvalue weighted by Gasteiger charge is -2.25. The molecule has 25 heavy (non-hydrogen) atoms. The first-order valence-corrected chi connectivity index (χ1v) is 8.25. The minimum Gasteiger partial charge on any atom is -0.443 e. The predicted octanol–water partition coefficient (Wildman–Crippen LogP) is 3.21. The Kier molecular flexibility index (Phi) is 3.91. The zero-order chi connectivity index (χ0) is 18.6. The van der Waals surface area contributed by atoms with E-state index >= 15 is 0 Å². The van der Waals surface area contributed by atoms with Crippen LogP contribution in [0.15, 0.2) is 30.4 Å². The van der Waals surface area contributed by atoms with Gasteiger partial charge in [0, 0.05) is 31.8 Å². The van der Waals surface area contributed by atoms with Gasteiger partial charge in [0.1, 0.15) is 5.60 Å². The van der Waals surface area contributed by atoms with E-state index in [9.17, 15) is 9.59 Å². The number of fused-ring (bicyclic) bond motifs is 2. The van der Waals surface area contributed by atoms with Gasteiger partial charge in [-0.2, -0.15) is 0 Å². The van der Waals surface area contributed by atoms with Crippen LogP contribution in [0.1, 0.15) is 32.8 Å². The minimum absolute atomic E-state index is 0.305. The van der Waals surface area contributed by atoms with Crippen LogP contribution in [-0.2, 0) is 19.9 Å². The molecular formula is C19H24N2O4. The largest absolute Gasteiger partial charge is 0.443 e. The molecular weight excluding hydrogens is 320 g/mol. The average molecular weight is 344 g/mol. The monoisotopic (exact) mass is 344 g/mol. The Bertz CT molecular complexity index is 763. The summed E-state index contributed by atoms with van der Waals surface area (Å²) in [4.78, 5) is 28.9. The maximum Gasteiger partial charge on any atom is 0.421 e. The molecule has 6 nitrogen and oxygen atoms in total. The van der Waals surface area contributed by atoms with E-state index in [1.807, 2.05) is 31.1 Å². The van der Waals surface area contributed by atoms with Gasteiger partial charge in [-0.3, -0.25) is 4.79 Å². The van der Waals surface area contributed by atoms with Gasteiger partial charge in [0.05, 0.1) is 12.3 Å². The number of anilines is 2. The van der Waals surface area contributed by atoms with Crippen molar-refractivity contribution in [3.63, 3.8) is 0 Å². The molecule has 6 heteroatoms. The number of hydrogen-bond acceptors (Lipinski definition) is 5. The van der Waals surface area contributed by atoms with Crippen molar-refractivity contribution in [3.05, 3.63) is 35.9 Å². The zero-order valence-electron chi connectivity index (χ0n) is 15.4. The smallest absolute Gasteiger partial charge is 0.421 e. The highest BCUT2D eigenvalue weighted by molar-refractivity contribution is 6.21. The second kappa shape index (κ2) is 5.59. The Morgan fingerprint density at radius 1 is 1.36 bits per heavy atom. The topological polar surface area (TPSA) is 59.1 Å². The first-order valence-electron chi connectivity index (χ1n) is 8.25. The first-order chi connectivity index (χ1) is 11.5. The van der Waals surface area contributed by atoms with E-state index in [-0.39, 0.29) is 0 Å². The molecule has 0 saturated carbocycles. The maximum absolute atomic E-state index is 13.2. The third kappa shape index (κ3) is 2.80. The number of carbonyl (C=O) groups is 2. The van der Waals surface area contributed by atoms with E-state index in [0.717, 1.165) is 16.2 Å². The Morgan fingerprint density at radius 2 is 2.04 bits per heavy atom. The molecule has 1 aromatic rings. The van der Waals surface area contributed by atoms with Crippen molar-refractivity contribution in [2.45, 2.75) is 38.4 Å². The van der Waals surface area contributed by atoms with Gasteiger partial charge in [0.25, 0.3) is 5.91 Å². The Morgan fingerprint density at radius 3 is 2.56 bits per heavy atom. The molecule has 134 valence electrons. The highest BCUT2D eigenvalue weighted by atomic mass is 16.6. The van der Waals surface area contributed by atoms with Crippen LogP contribution in [0.2, 0.25) is 0 Å². The molecule has 2 heterocycles. The summed E-state index contributed by atoms with van der Waals surface area (Å²) < 4.78 is 11.3. The number of imide groups is 1. The summed E-state index contributed by atoms with van der Waals surface area (Å²) in [5, 5.41) is 0. The molecule has 3 rings (SSSR count). The van der Waals surface area contributed by atoms with E-state index in [4.69, 9.17) is 9.47 Å². The van der Waals surface area contributed by atoms with E-state index in [1.165, 1.54) is 0 Å². The predicted molar refractivity (Wildman–Crippen MR) is 95.9 cm³/mol. The van der Waals surface area contributed by atoms with Crippen molar-refractivity contribution >= 4 is 23.4 Å². The fourth-order valence-electron chi connectivity index (χ4n) is 3.20. The minimum atomic E-state index is -1.19. The average Bonchev–Trinajstić information content (AvgIpc) is 2.98. The molecule has 2 aliphatic rings. The third-order valence-corrected chi connectivity index (χ3v) is 4.32. The molecule has 1 spiro atoms. The highest BCUT2D eigenvalue weighted by Crippen LogP contribution is 2.50. The molecule has 0 unspecified atom stereocenters. The van der Waals surface area contributed by atoms with Crippen molar-refractivity contribution < 1.29 is 19.1 Å². The number of nitrogens with zero attached hydrogens (tertiary/aromatic N) is 2. The molecule has 0 aromatic heterocycles. The molecule has 1 saturated heterocycles. The molecule has 2 amide bonds. The standard InChI is InChI=1S/C19H24N2O4/c1-12-10-19(24-11-12)14-9-13(20(5)6)7-8-15(14)21(16(19)22)17(23)25-18(2,3)4/h7-9H,1,10-11H2,2-6H3/t19-/m1/s1. The van der Waals surface area contributed by atoms with Crippen molar-refractivity contribution in [1.29, 1.82) is 0 Å². The number of carbonyl (C=O) groups excluding carboxylic acids is 2. The molecule has 1 fully saturated rings. The normalized spacial score (nSPS) is 22.5. The Hall–Kier alpha value is -2.34. The summed E-state index contributed by atoms with van der Waals surface area (Å²) in [5.41, 5.74) is 1.08. The summed E-state index contributed by atoms with van der Waals surface area (Å²) in [6.07, 6.45) is -0.316. The van der Waals surface area contributed by atoms with Crippen LogP contribution in [-0.4, -0.2) is 38.3 Å².